The van der Waals surface area contributed by atoms with Crippen molar-refractivity contribution < 1.29 is 27.0 Å². The van der Waals surface area contributed by atoms with Gasteiger partial charge in [-0.3, -0.25) is 0 Å². The molecule has 0 atom stereocenters. The van der Waals surface area contributed by atoms with Crippen LogP contribution in [0, 0.1) is 0 Å². The van der Waals surface area contributed by atoms with Crippen molar-refractivity contribution in [1.29, 1.82) is 0 Å². The second-order valence-electron chi connectivity index (χ2n) is 0.523. The van der Waals surface area contributed by atoms with Crippen LogP contribution in [-0.4, -0.2) is 5.97 Å². The van der Waals surface area contributed by atoms with E-state index in [0.717, 1.165) is 6.08 Å². The van der Waals surface area contributed by atoms with E-state index >= 15 is 0 Å². The van der Waals surface area contributed by atoms with E-state index < -0.39 is 5.97 Å². The number of hydrogen-bond acceptors (Lipinski definition) is 2. The van der Waals surface area contributed by atoms with Gasteiger partial charge in [-0.25, -0.2) is 0 Å². The molecule has 0 N–H and O–H groups in total. The molecular formula is C3H3CuO2. The third-order valence-corrected chi connectivity index (χ3v) is 0.167. The number of carboxylic acid groups (broad SMARTS) is 1. The maximum absolute atomic E-state index is 9.14. The molecule has 0 aliphatic heterocycles. The van der Waals surface area contributed by atoms with E-state index in [-0.39, 0.29) is 17.1 Å². The Kier molecular flexibility index (Phi) is 7.26. The molecule has 0 fully saturated rings. The molecule has 0 aromatic rings. The van der Waals surface area contributed by atoms with Gasteiger partial charge in [0.15, 0.2) is 0 Å². The van der Waals surface area contributed by atoms with Crippen molar-refractivity contribution >= 4 is 5.97 Å². The topological polar surface area (TPSA) is 40.1 Å². The molecular weight excluding hydrogens is 132 g/mol. The van der Waals surface area contributed by atoms with Crippen LogP contribution >= 0.6 is 0 Å². The van der Waals surface area contributed by atoms with E-state index in [0.29, 0.717) is 0 Å². The molecule has 0 aromatic heterocycles. The van der Waals surface area contributed by atoms with Gasteiger partial charge >= 0.3 is 17.1 Å². The fourth-order valence-corrected chi connectivity index (χ4v) is 0. The molecule has 0 aliphatic carbocycles. The molecule has 0 spiro atoms. The monoisotopic (exact) mass is 134 g/mol. The normalized spacial score (nSPS) is 5.33. The summed E-state index contributed by atoms with van der Waals surface area (Å²) in [4.78, 5) is 9.14. The van der Waals surface area contributed by atoms with E-state index in [1.54, 1.807) is 0 Å². The van der Waals surface area contributed by atoms with Gasteiger partial charge in [-0.2, -0.15) is 0 Å². The SMILES string of the molecule is C=CC(=O)[O-].[Cu+]. The maximum Gasteiger partial charge on any atom is 1.00 e. The van der Waals surface area contributed by atoms with Crippen LogP contribution in [0.5, 0.6) is 0 Å². The van der Waals surface area contributed by atoms with E-state index in [1.807, 2.05) is 0 Å². The third-order valence-electron chi connectivity index (χ3n) is 0.167. The molecule has 0 aromatic carbocycles. The number of carboxylic acids is 1. The summed E-state index contributed by atoms with van der Waals surface area (Å²) >= 11 is 0. The van der Waals surface area contributed by atoms with Gasteiger partial charge in [0.05, 0.1) is 5.97 Å². The average Bonchev–Trinajstić information content (AvgIpc) is 1.38. The standard InChI is InChI=1S/C3H4O2.Cu/c1-2-3(4)5;/h2H,1H2,(H,4,5);/q;+1/p-1. The predicted molar refractivity (Wildman–Crippen MR) is 15.2 cm³/mol. The first kappa shape index (κ1) is 9.21. The van der Waals surface area contributed by atoms with Gasteiger partial charge in [-0.1, -0.05) is 6.58 Å². The average molecular weight is 135 g/mol. The van der Waals surface area contributed by atoms with Crippen molar-refractivity contribution in [2.45, 2.75) is 0 Å². The minimum atomic E-state index is -1.23. The van der Waals surface area contributed by atoms with Gasteiger partial charge < -0.3 is 9.90 Å². The Balaban J connectivity index is 0. The number of hydrogen-bond donors (Lipinski definition) is 0. The Bertz CT molecular complexity index is 59.8. The van der Waals surface area contributed by atoms with Crippen LogP contribution in [0.2, 0.25) is 0 Å². The number of rotatable bonds is 1. The number of carbonyl (C=O) groups is 1. The molecule has 6 heavy (non-hydrogen) atoms. The molecule has 0 amide bonds. The Morgan fingerprint density at radius 3 is 2.00 bits per heavy atom. The molecule has 0 radical (unpaired) electrons. The molecule has 38 valence electrons. The Morgan fingerprint density at radius 1 is 1.83 bits per heavy atom. The quantitative estimate of drug-likeness (QED) is 0.338. The molecule has 0 bridgehead atoms. The van der Waals surface area contributed by atoms with Gasteiger partial charge in [-0.15, -0.1) is 0 Å². The van der Waals surface area contributed by atoms with E-state index in [9.17, 15) is 0 Å². The van der Waals surface area contributed by atoms with Crippen molar-refractivity contribution in [2.75, 3.05) is 0 Å². The fraction of sp³-hybridized carbons (Fsp3) is 0. The Labute approximate surface area is 46.3 Å². The van der Waals surface area contributed by atoms with Crippen LogP contribution < -0.4 is 5.11 Å². The van der Waals surface area contributed by atoms with Gasteiger partial charge in [0, 0.05) is 0 Å². The van der Waals surface area contributed by atoms with Crippen molar-refractivity contribution in [2.24, 2.45) is 0 Å². The van der Waals surface area contributed by atoms with Crippen LogP contribution in [0.4, 0.5) is 0 Å². The maximum atomic E-state index is 9.14. The first-order valence-corrected chi connectivity index (χ1v) is 1.11. The summed E-state index contributed by atoms with van der Waals surface area (Å²) in [6.45, 7) is 2.90. The predicted octanol–water partition coefficient (Wildman–Crippen LogP) is -1.08. The fourth-order valence-electron chi connectivity index (χ4n) is 0. The van der Waals surface area contributed by atoms with Gasteiger partial charge in [-0.05, 0) is 6.08 Å². The summed E-state index contributed by atoms with van der Waals surface area (Å²) in [5.41, 5.74) is 0. The minimum absolute atomic E-state index is 0. The number of carbonyl (C=O) groups excluding carboxylic acids is 1. The molecule has 0 heterocycles. The van der Waals surface area contributed by atoms with Crippen molar-refractivity contribution in [3.63, 3.8) is 0 Å². The minimum Gasteiger partial charge on any atom is -0.545 e. The summed E-state index contributed by atoms with van der Waals surface area (Å²) in [6, 6.07) is 0. The van der Waals surface area contributed by atoms with Crippen molar-refractivity contribution in [3.05, 3.63) is 12.7 Å². The van der Waals surface area contributed by atoms with E-state index in [1.165, 1.54) is 0 Å². The molecule has 2 nitrogen and oxygen atoms in total. The molecule has 0 saturated heterocycles. The zero-order chi connectivity index (χ0) is 4.28. The molecule has 3 heteroatoms. The van der Waals surface area contributed by atoms with Crippen molar-refractivity contribution in [3.8, 4) is 0 Å². The Hall–Kier alpha value is -0.271. The molecule has 0 rings (SSSR count). The van der Waals surface area contributed by atoms with Gasteiger partial charge in [0.1, 0.15) is 0 Å². The zero-order valence-electron chi connectivity index (χ0n) is 2.90. The van der Waals surface area contributed by atoms with E-state index in [2.05, 4.69) is 6.58 Å². The summed E-state index contributed by atoms with van der Waals surface area (Å²) in [6.07, 6.45) is 0.722. The van der Waals surface area contributed by atoms with Crippen LogP contribution in [0.1, 0.15) is 0 Å². The van der Waals surface area contributed by atoms with E-state index in [4.69, 9.17) is 9.90 Å². The first-order valence-electron chi connectivity index (χ1n) is 1.11. The van der Waals surface area contributed by atoms with Crippen LogP contribution in [-0.2, 0) is 21.9 Å². The molecule has 0 aliphatic rings. The Morgan fingerprint density at radius 2 is 2.00 bits per heavy atom. The summed E-state index contributed by atoms with van der Waals surface area (Å²) < 4.78 is 0. The van der Waals surface area contributed by atoms with Gasteiger partial charge in [0.2, 0.25) is 0 Å². The summed E-state index contributed by atoms with van der Waals surface area (Å²) in [5.74, 6) is -1.23. The smallest absolute Gasteiger partial charge is 0.545 e. The largest absolute Gasteiger partial charge is 1.00 e. The third kappa shape index (κ3) is 9.29. The second kappa shape index (κ2) is 4.73. The zero-order valence-corrected chi connectivity index (χ0v) is 3.84. The number of aliphatic carboxylic acids is 1. The summed E-state index contributed by atoms with van der Waals surface area (Å²) in [7, 11) is 0. The van der Waals surface area contributed by atoms with Crippen LogP contribution in [0.25, 0.3) is 0 Å². The van der Waals surface area contributed by atoms with Crippen LogP contribution in [0.15, 0.2) is 12.7 Å². The first-order chi connectivity index (χ1) is 2.27. The van der Waals surface area contributed by atoms with Crippen LogP contribution in [0.3, 0.4) is 0 Å². The molecule has 0 unspecified atom stereocenters. The summed E-state index contributed by atoms with van der Waals surface area (Å²) in [5, 5.41) is 9.14. The van der Waals surface area contributed by atoms with Crippen molar-refractivity contribution in [1.82, 2.24) is 0 Å². The second-order valence-corrected chi connectivity index (χ2v) is 0.523. The molecule has 0 saturated carbocycles. The van der Waals surface area contributed by atoms with Gasteiger partial charge in [0.25, 0.3) is 0 Å².